The van der Waals surface area contributed by atoms with Gasteiger partial charge in [-0.15, -0.1) is 0 Å². The van der Waals surface area contributed by atoms with Crippen LogP contribution in [0.15, 0.2) is 17.1 Å². The predicted molar refractivity (Wildman–Crippen MR) is 111 cm³/mol. The zero-order valence-corrected chi connectivity index (χ0v) is 17.6. The number of nitrogens with one attached hydrogen (secondary N) is 2. The van der Waals surface area contributed by atoms with Gasteiger partial charge in [0.05, 0.1) is 6.54 Å². The number of guanidine groups is 1. The van der Waals surface area contributed by atoms with E-state index in [9.17, 15) is 8.78 Å². The van der Waals surface area contributed by atoms with Crippen molar-refractivity contribution in [2.24, 2.45) is 4.99 Å². The Morgan fingerprint density at radius 3 is 2.47 bits per heavy atom. The monoisotopic (exact) mass is 427 g/mol. The van der Waals surface area contributed by atoms with Gasteiger partial charge in [-0.3, -0.25) is 4.90 Å². The van der Waals surface area contributed by atoms with Crippen LogP contribution in [0.2, 0.25) is 0 Å². The third kappa shape index (κ3) is 6.33. The van der Waals surface area contributed by atoms with Gasteiger partial charge in [0.15, 0.2) is 17.5 Å². The average Bonchev–Trinajstić information content (AvgIpc) is 3.19. The number of likely N-dealkylation sites (N-methyl/N-ethyl adjacent to an activating group) is 1. The molecule has 0 bridgehead atoms. The van der Waals surface area contributed by atoms with E-state index in [1.54, 1.807) is 6.07 Å². The first-order valence-corrected chi connectivity index (χ1v) is 10.4. The zero-order chi connectivity index (χ0) is 21.3. The number of ether oxygens (including phenoxy) is 3. The molecule has 2 heterocycles. The van der Waals surface area contributed by atoms with E-state index >= 15 is 0 Å². The van der Waals surface area contributed by atoms with Crippen molar-refractivity contribution >= 4 is 5.96 Å². The van der Waals surface area contributed by atoms with Gasteiger partial charge in [-0.25, -0.2) is 4.99 Å². The second-order valence-corrected chi connectivity index (χ2v) is 7.09. The summed E-state index contributed by atoms with van der Waals surface area (Å²) in [5, 5.41) is 6.50. The molecule has 2 aliphatic heterocycles. The Labute approximate surface area is 176 Å². The molecule has 2 N–H and O–H groups in total. The summed E-state index contributed by atoms with van der Waals surface area (Å²) in [6.45, 7) is 9.27. The number of fused-ring (bicyclic) bond motifs is 1. The molecular weight excluding hydrogens is 396 g/mol. The fourth-order valence-corrected chi connectivity index (χ4v) is 3.46. The Morgan fingerprint density at radius 2 is 1.80 bits per heavy atom. The van der Waals surface area contributed by atoms with Crippen molar-refractivity contribution in [3.05, 3.63) is 17.7 Å². The van der Waals surface area contributed by atoms with Gasteiger partial charge in [-0.05, 0) is 19.5 Å². The summed E-state index contributed by atoms with van der Waals surface area (Å²) in [4.78, 5) is 9.40. The third-order valence-corrected chi connectivity index (χ3v) is 5.16. The van der Waals surface area contributed by atoms with Gasteiger partial charge < -0.3 is 29.7 Å². The molecule has 168 valence electrons. The number of piperazine rings is 1. The smallest absolute Gasteiger partial charge is 0.387 e. The van der Waals surface area contributed by atoms with Crippen molar-refractivity contribution in [3.63, 3.8) is 0 Å². The summed E-state index contributed by atoms with van der Waals surface area (Å²) in [7, 11) is 0. The van der Waals surface area contributed by atoms with Crippen LogP contribution >= 0.6 is 0 Å². The molecule has 0 radical (unpaired) electrons. The van der Waals surface area contributed by atoms with E-state index < -0.39 is 6.61 Å². The van der Waals surface area contributed by atoms with Crippen LogP contribution in [0, 0.1) is 0 Å². The molecule has 0 unspecified atom stereocenters. The predicted octanol–water partition coefficient (Wildman–Crippen LogP) is 1.71. The summed E-state index contributed by atoms with van der Waals surface area (Å²) < 4.78 is 40.8. The highest BCUT2D eigenvalue weighted by Gasteiger charge is 2.20. The van der Waals surface area contributed by atoms with Crippen molar-refractivity contribution in [1.29, 1.82) is 0 Å². The van der Waals surface area contributed by atoms with Gasteiger partial charge in [0.25, 0.3) is 0 Å². The zero-order valence-electron chi connectivity index (χ0n) is 17.6. The molecule has 0 aromatic heterocycles. The summed E-state index contributed by atoms with van der Waals surface area (Å²) in [6.07, 6.45) is 0. The maximum absolute atomic E-state index is 12.8. The van der Waals surface area contributed by atoms with Gasteiger partial charge in [-0.2, -0.15) is 8.78 Å². The molecule has 1 saturated heterocycles. The summed E-state index contributed by atoms with van der Waals surface area (Å²) in [6, 6.07) is 3.07. The first kappa shape index (κ1) is 22.4. The van der Waals surface area contributed by atoms with E-state index in [4.69, 9.17) is 9.47 Å². The molecule has 0 spiro atoms. The number of hydrogen-bond donors (Lipinski definition) is 2. The van der Waals surface area contributed by atoms with E-state index in [-0.39, 0.29) is 19.1 Å². The molecule has 0 aliphatic carbocycles. The Balaban J connectivity index is 1.57. The summed E-state index contributed by atoms with van der Waals surface area (Å²) >= 11 is 0. The first-order valence-electron chi connectivity index (χ1n) is 10.4. The molecule has 30 heavy (non-hydrogen) atoms. The minimum atomic E-state index is -2.92. The van der Waals surface area contributed by atoms with E-state index in [2.05, 4.69) is 37.1 Å². The number of halogens is 2. The Kier molecular flexibility index (Phi) is 8.32. The largest absolute Gasteiger partial charge is 0.454 e. The lowest BCUT2D eigenvalue weighted by atomic mass is 10.1. The molecule has 1 fully saturated rings. The SMILES string of the molecule is CCNC(=NCc1cc2c(cc1OC(F)F)OCO2)NCCN1CCN(CC)CC1. The van der Waals surface area contributed by atoms with Crippen LogP contribution in [0.25, 0.3) is 0 Å². The lowest BCUT2D eigenvalue weighted by molar-refractivity contribution is -0.0505. The van der Waals surface area contributed by atoms with Gasteiger partial charge in [0, 0.05) is 57.4 Å². The maximum atomic E-state index is 12.8. The molecule has 0 saturated carbocycles. The lowest BCUT2D eigenvalue weighted by Crippen LogP contribution is -2.49. The molecule has 8 nitrogen and oxygen atoms in total. The molecule has 0 atom stereocenters. The molecule has 1 aromatic carbocycles. The lowest BCUT2D eigenvalue weighted by Gasteiger charge is -2.34. The van der Waals surface area contributed by atoms with E-state index in [1.807, 2.05) is 6.92 Å². The van der Waals surface area contributed by atoms with E-state index in [1.165, 1.54) is 6.07 Å². The highest BCUT2D eigenvalue weighted by atomic mass is 19.3. The van der Waals surface area contributed by atoms with Gasteiger partial charge in [-0.1, -0.05) is 6.92 Å². The minimum absolute atomic E-state index is 0.0441. The topological polar surface area (TPSA) is 70.6 Å². The highest BCUT2D eigenvalue weighted by Crippen LogP contribution is 2.39. The molecule has 10 heteroatoms. The molecule has 0 amide bonds. The van der Waals surface area contributed by atoms with Crippen molar-refractivity contribution in [3.8, 4) is 17.2 Å². The Bertz CT molecular complexity index is 712. The number of hydrogen-bond acceptors (Lipinski definition) is 6. The van der Waals surface area contributed by atoms with Crippen LogP contribution in [-0.2, 0) is 6.54 Å². The van der Waals surface area contributed by atoms with Crippen molar-refractivity contribution in [1.82, 2.24) is 20.4 Å². The standard InChI is InChI=1S/C20H31F2N5O3/c1-3-23-20(24-5-6-27-9-7-26(4-2)8-10-27)25-13-15-11-17-18(29-14-28-17)12-16(15)30-19(21)22/h11-12,19H,3-10,13-14H2,1-2H3,(H2,23,24,25). The Morgan fingerprint density at radius 1 is 1.10 bits per heavy atom. The number of nitrogens with zero attached hydrogens (tertiary/aromatic N) is 3. The van der Waals surface area contributed by atoms with Gasteiger partial charge in [0.1, 0.15) is 5.75 Å². The maximum Gasteiger partial charge on any atom is 0.387 e. The normalized spacial score (nSPS) is 17.4. The summed E-state index contributed by atoms with van der Waals surface area (Å²) in [5.41, 5.74) is 0.507. The minimum Gasteiger partial charge on any atom is -0.454 e. The van der Waals surface area contributed by atoms with Crippen molar-refractivity contribution in [2.75, 3.05) is 59.2 Å². The molecule has 1 aromatic rings. The van der Waals surface area contributed by atoms with Crippen LogP contribution in [0.5, 0.6) is 17.2 Å². The van der Waals surface area contributed by atoms with Crippen LogP contribution in [-0.4, -0.2) is 81.5 Å². The van der Waals surface area contributed by atoms with Gasteiger partial charge >= 0.3 is 6.61 Å². The quantitative estimate of drug-likeness (QED) is 0.459. The second-order valence-electron chi connectivity index (χ2n) is 7.09. The number of rotatable bonds is 9. The highest BCUT2D eigenvalue weighted by molar-refractivity contribution is 5.79. The number of benzene rings is 1. The van der Waals surface area contributed by atoms with Crippen LogP contribution in [0.4, 0.5) is 8.78 Å². The summed E-state index contributed by atoms with van der Waals surface area (Å²) in [5.74, 6) is 1.57. The fourth-order valence-electron chi connectivity index (χ4n) is 3.46. The van der Waals surface area contributed by atoms with Crippen LogP contribution in [0.3, 0.4) is 0 Å². The molecular formula is C20H31F2N5O3. The van der Waals surface area contributed by atoms with Crippen LogP contribution < -0.4 is 24.8 Å². The van der Waals surface area contributed by atoms with Gasteiger partial charge in [0.2, 0.25) is 6.79 Å². The average molecular weight is 427 g/mol. The van der Waals surface area contributed by atoms with Crippen LogP contribution in [0.1, 0.15) is 19.4 Å². The Hall–Kier alpha value is -2.33. The molecule has 2 aliphatic rings. The van der Waals surface area contributed by atoms with E-state index in [0.717, 1.165) is 45.8 Å². The van der Waals surface area contributed by atoms with Crippen molar-refractivity contribution in [2.45, 2.75) is 27.0 Å². The molecule has 3 rings (SSSR count). The third-order valence-electron chi connectivity index (χ3n) is 5.16. The first-order chi connectivity index (χ1) is 14.6. The number of alkyl halides is 2. The second kappa shape index (κ2) is 11.2. The van der Waals surface area contributed by atoms with E-state index in [0.29, 0.717) is 29.6 Å². The number of aliphatic imine (C=N–C) groups is 1. The fraction of sp³-hybridized carbons (Fsp3) is 0.650. The van der Waals surface area contributed by atoms with Crippen molar-refractivity contribution < 1.29 is 23.0 Å².